The Hall–Kier alpha value is -3.51. The van der Waals surface area contributed by atoms with Crippen LogP contribution >= 0.6 is 0 Å². The van der Waals surface area contributed by atoms with Crippen molar-refractivity contribution in [2.45, 2.75) is 5.92 Å². The summed E-state index contributed by atoms with van der Waals surface area (Å²) < 4.78 is 19.4. The van der Waals surface area contributed by atoms with E-state index in [1.807, 2.05) is 68.7 Å². The fourth-order valence-electron chi connectivity index (χ4n) is 3.51. The molecule has 31 heavy (non-hydrogen) atoms. The van der Waals surface area contributed by atoms with Gasteiger partial charge in [0.15, 0.2) is 0 Å². The molecule has 3 aromatic carbocycles. The average molecular weight is 417 g/mol. The molecule has 158 valence electrons. The molecule has 3 aromatic rings. The summed E-state index contributed by atoms with van der Waals surface area (Å²) in [5.74, 6) is -0.454. The molecule has 0 radical (unpaired) electrons. The van der Waals surface area contributed by atoms with E-state index in [1.54, 1.807) is 6.07 Å². The maximum absolute atomic E-state index is 13.7. The predicted molar refractivity (Wildman–Crippen MR) is 121 cm³/mol. The second-order valence-corrected chi connectivity index (χ2v) is 7.66. The Morgan fingerprint density at radius 3 is 2.52 bits per heavy atom. The third kappa shape index (κ3) is 4.81. The maximum atomic E-state index is 13.7. The number of hydrogen-bond acceptors (Lipinski definition) is 4. The summed E-state index contributed by atoms with van der Waals surface area (Å²) in [6.45, 7) is 1.43. The minimum atomic E-state index is -0.617. The molecule has 4 rings (SSSR count). The van der Waals surface area contributed by atoms with Gasteiger partial charge in [-0.05, 0) is 61.6 Å². The van der Waals surface area contributed by atoms with Gasteiger partial charge in [-0.1, -0.05) is 36.4 Å². The number of hydrogen-bond donors (Lipinski definition) is 1. The first-order chi connectivity index (χ1) is 15.0. The highest BCUT2D eigenvalue weighted by Crippen LogP contribution is 2.36. The summed E-state index contributed by atoms with van der Waals surface area (Å²) in [5, 5.41) is 2.78. The second kappa shape index (κ2) is 9.10. The van der Waals surface area contributed by atoms with Gasteiger partial charge in [0, 0.05) is 12.2 Å². The maximum Gasteiger partial charge on any atom is 0.238 e. The van der Waals surface area contributed by atoms with Crippen LogP contribution in [-0.4, -0.2) is 43.8 Å². The van der Waals surface area contributed by atoms with E-state index in [2.05, 4.69) is 10.2 Å². The Morgan fingerprint density at radius 1 is 1.06 bits per heavy atom. The van der Waals surface area contributed by atoms with Crippen molar-refractivity contribution < 1.29 is 13.9 Å². The fraction of sp³-hybridized carbons (Fsp3) is 0.200. The summed E-state index contributed by atoms with van der Waals surface area (Å²) in [6.07, 6.45) is 0. The summed E-state index contributed by atoms with van der Waals surface area (Å²) in [5.41, 5.74) is 3.37. The van der Waals surface area contributed by atoms with E-state index >= 15 is 0 Å². The molecule has 0 aliphatic carbocycles. The number of nitrogens with one attached hydrogen (secondary N) is 1. The van der Waals surface area contributed by atoms with Crippen molar-refractivity contribution in [2.75, 3.05) is 32.6 Å². The van der Waals surface area contributed by atoms with E-state index in [1.165, 1.54) is 12.1 Å². The van der Waals surface area contributed by atoms with Crippen molar-refractivity contribution in [3.05, 3.63) is 89.7 Å². The van der Waals surface area contributed by atoms with E-state index in [0.29, 0.717) is 23.7 Å². The van der Waals surface area contributed by atoms with Crippen molar-refractivity contribution in [2.24, 2.45) is 4.99 Å². The molecule has 6 heteroatoms. The van der Waals surface area contributed by atoms with Crippen molar-refractivity contribution in [1.82, 2.24) is 4.90 Å². The topological polar surface area (TPSA) is 53.9 Å². The zero-order valence-electron chi connectivity index (χ0n) is 17.5. The highest BCUT2D eigenvalue weighted by Gasteiger charge is 2.35. The van der Waals surface area contributed by atoms with Gasteiger partial charge >= 0.3 is 0 Å². The molecule has 0 bridgehead atoms. The number of fused-ring (bicyclic) bond motifs is 1. The smallest absolute Gasteiger partial charge is 0.238 e. The summed E-state index contributed by atoms with van der Waals surface area (Å²) in [4.78, 5) is 19.7. The lowest BCUT2D eigenvalue weighted by atomic mass is 9.90. The zero-order chi connectivity index (χ0) is 21.8. The zero-order valence-corrected chi connectivity index (χ0v) is 17.5. The van der Waals surface area contributed by atoms with Crippen LogP contribution in [0.5, 0.6) is 5.75 Å². The summed E-state index contributed by atoms with van der Waals surface area (Å²) in [7, 11) is 4.00. The van der Waals surface area contributed by atoms with E-state index in [9.17, 15) is 9.18 Å². The highest BCUT2D eigenvalue weighted by atomic mass is 19.1. The molecular weight excluding hydrogens is 393 g/mol. The molecular formula is C25H24FN3O2. The van der Waals surface area contributed by atoms with Gasteiger partial charge in [0.1, 0.15) is 24.1 Å². The summed E-state index contributed by atoms with van der Waals surface area (Å²) >= 11 is 0. The van der Waals surface area contributed by atoms with Gasteiger partial charge < -0.3 is 15.0 Å². The average Bonchev–Trinajstić information content (AvgIpc) is 3.08. The van der Waals surface area contributed by atoms with Gasteiger partial charge in [-0.2, -0.15) is 0 Å². The number of aliphatic imine (C=N–C) groups is 1. The SMILES string of the molecule is CN(C)CCOc1ccc(N=C(c2ccccc2)C2C(=O)Nc3cc(F)ccc32)cc1. The van der Waals surface area contributed by atoms with Gasteiger partial charge in [-0.25, -0.2) is 4.39 Å². The number of likely N-dealkylation sites (N-methyl/N-ethyl adjacent to an activating group) is 1. The minimum Gasteiger partial charge on any atom is -0.492 e. The monoisotopic (exact) mass is 417 g/mol. The molecule has 1 atom stereocenters. The number of amides is 1. The largest absolute Gasteiger partial charge is 0.492 e. The quantitative estimate of drug-likeness (QED) is 0.571. The molecule has 1 heterocycles. The van der Waals surface area contributed by atoms with Crippen molar-refractivity contribution >= 4 is 23.0 Å². The second-order valence-electron chi connectivity index (χ2n) is 7.66. The van der Waals surface area contributed by atoms with Crippen molar-refractivity contribution in [3.8, 4) is 5.75 Å². The van der Waals surface area contributed by atoms with E-state index in [-0.39, 0.29) is 11.7 Å². The molecule has 1 N–H and O–H groups in total. The first-order valence-electron chi connectivity index (χ1n) is 10.1. The summed E-state index contributed by atoms with van der Waals surface area (Å²) in [6, 6.07) is 21.4. The Bertz CT molecular complexity index is 1100. The first-order valence-corrected chi connectivity index (χ1v) is 10.1. The van der Waals surface area contributed by atoms with Gasteiger partial charge in [0.2, 0.25) is 5.91 Å². The van der Waals surface area contributed by atoms with Crippen LogP contribution < -0.4 is 10.1 Å². The molecule has 5 nitrogen and oxygen atoms in total. The lowest BCUT2D eigenvalue weighted by Gasteiger charge is -2.14. The Kier molecular flexibility index (Phi) is 6.09. The minimum absolute atomic E-state index is 0.216. The van der Waals surface area contributed by atoms with Crippen LogP contribution in [0.1, 0.15) is 17.0 Å². The molecule has 1 aliphatic heterocycles. The van der Waals surface area contributed by atoms with E-state index in [0.717, 1.165) is 23.4 Å². The van der Waals surface area contributed by atoms with Gasteiger partial charge in [-0.3, -0.25) is 9.79 Å². The number of carbonyl (C=O) groups is 1. The lowest BCUT2D eigenvalue weighted by molar-refractivity contribution is -0.115. The molecule has 0 spiro atoms. The highest BCUT2D eigenvalue weighted by molar-refractivity contribution is 6.24. The van der Waals surface area contributed by atoms with Crippen molar-refractivity contribution in [3.63, 3.8) is 0 Å². The van der Waals surface area contributed by atoms with Gasteiger partial charge in [-0.15, -0.1) is 0 Å². The molecule has 0 fully saturated rings. The van der Waals surface area contributed by atoms with Crippen LogP contribution in [0.3, 0.4) is 0 Å². The standard InChI is InChI=1S/C25H24FN3O2/c1-29(2)14-15-31-20-11-9-19(10-12-20)27-24(17-6-4-3-5-7-17)23-21-13-8-18(26)16-22(21)28-25(23)30/h3-13,16,23H,14-15H2,1-2H3,(H,28,30). The first kappa shape index (κ1) is 20.8. The normalized spacial score (nSPS) is 15.7. The molecule has 1 aliphatic rings. The number of anilines is 1. The molecule has 0 saturated heterocycles. The van der Waals surface area contributed by atoms with E-state index in [4.69, 9.17) is 9.73 Å². The predicted octanol–water partition coefficient (Wildman–Crippen LogP) is 4.62. The van der Waals surface area contributed by atoms with Crippen LogP contribution in [0, 0.1) is 5.82 Å². The third-order valence-electron chi connectivity index (χ3n) is 5.08. The van der Waals surface area contributed by atoms with Crippen LogP contribution in [-0.2, 0) is 4.79 Å². The number of rotatable bonds is 7. The van der Waals surface area contributed by atoms with Gasteiger partial charge in [0.25, 0.3) is 0 Å². The Morgan fingerprint density at radius 2 is 1.81 bits per heavy atom. The Labute approximate surface area is 181 Å². The fourth-order valence-corrected chi connectivity index (χ4v) is 3.51. The molecule has 1 amide bonds. The number of carbonyl (C=O) groups excluding carboxylic acids is 1. The third-order valence-corrected chi connectivity index (χ3v) is 5.08. The molecule has 0 aromatic heterocycles. The molecule has 1 unspecified atom stereocenters. The van der Waals surface area contributed by atoms with Gasteiger partial charge in [0.05, 0.1) is 11.4 Å². The van der Waals surface area contributed by atoms with Crippen LogP contribution in [0.2, 0.25) is 0 Å². The van der Waals surface area contributed by atoms with E-state index < -0.39 is 5.92 Å². The number of nitrogens with zero attached hydrogens (tertiary/aromatic N) is 2. The molecule has 0 saturated carbocycles. The number of benzene rings is 3. The number of ether oxygens (including phenoxy) is 1. The van der Waals surface area contributed by atoms with Crippen LogP contribution in [0.4, 0.5) is 15.8 Å². The lowest BCUT2D eigenvalue weighted by Crippen LogP contribution is -2.21. The Balaban J connectivity index is 1.67. The van der Waals surface area contributed by atoms with Crippen molar-refractivity contribution in [1.29, 1.82) is 0 Å². The van der Waals surface area contributed by atoms with Crippen LogP contribution in [0.25, 0.3) is 0 Å². The van der Waals surface area contributed by atoms with Crippen LogP contribution in [0.15, 0.2) is 77.8 Å². The number of halogens is 1.